The van der Waals surface area contributed by atoms with E-state index in [1.807, 2.05) is 0 Å². The molecule has 1 amide bonds. The molecule has 0 saturated carbocycles. The zero-order valence-corrected chi connectivity index (χ0v) is 10.7. The summed E-state index contributed by atoms with van der Waals surface area (Å²) < 4.78 is 26.6. The van der Waals surface area contributed by atoms with Gasteiger partial charge in [0.25, 0.3) is 5.91 Å². The van der Waals surface area contributed by atoms with Crippen LogP contribution in [0.4, 0.5) is 14.5 Å². The van der Waals surface area contributed by atoms with Gasteiger partial charge < -0.3 is 5.32 Å². The van der Waals surface area contributed by atoms with Crippen LogP contribution in [0.2, 0.25) is 5.02 Å². The van der Waals surface area contributed by atoms with E-state index in [4.69, 9.17) is 16.9 Å². The lowest BCUT2D eigenvalue weighted by atomic mass is 10.1. The van der Waals surface area contributed by atoms with Gasteiger partial charge in [-0.25, -0.2) is 8.78 Å². The average molecular weight is 293 g/mol. The Hall–Kier alpha value is -2.45. The second kappa shape index (κ2) is 5.68. The van der Waals surface area contributed by atoms with Gasteiger partial charge in [0, 0.05) is 5.56 Å². The molecule has 0 aliphatic carbocycles. The number of nitriles is 1. The maximum atomic E-state index is 13.4. The van der Waals surface area contributed by atoms with Crippen molar-refractivity contribution in [2.75, 3.05) is 5.32 Å². The molecule has 0 spiro atoms. The van der Waals surface area contributed by atoms with Gasteiger partial charge in [0.2, 0.25) is 0 Å². The van der Waals surface area contributed by atoms with Crippen molar-refractivity contribution in [1.29, 1.82) is 5.26 Å². The molecule has 0 unspecified atom stereocenters. The normalized spacial score (nSPS) is 9.90. The molecule has 0 radical (unpaired) electrons. The van der Waals surface area contributed by atoms with Gasteiger partial charge in [0.05, 0.1) is 10.7 Å². The fourth-order valence-electron chi connectivity index (χ4n) is 1.57. The molecule has 0 bridgehead atoms. The zero-order chi connectivity index (χ0) is 14.7. The SMILES string of the molecule is N#Cc1c(F)cccc1NC(=O)c1ccc(Cl)c(F)c1. The summed E-state index contributed by atoms with van der Waals surface area (Å²) in [5.74, 6) is -2.14. The van der Waals surface area contributed by atoms with Crippen LogP contribution < -0.4 is 5.32 Å². The highest BCUT2D eigenvalue weighted by Crippen LogP contribution is 2.20. The van der Waals surface area contributed by atoms with Crippen LogP contribution in [-0.2, 0) is 0 Å². The van der Waals surface area contributed by atoms with Gasteiger partial charge in [0.1, 0.15) is 23.3 Å². The van der Waals surface area contributed by atoms with Crippen molar-refractivity contribution < 1.29 is 13.6 Å². The summed E-state index contributed by atoms with van der Waals surface area (Å²) in [5.41, 5.74) is -0.247. The molecule has 3 nitrogen and oxygen atoms in total. The quantitative estimate of drug-likeness (QED) is 0.916. The number of anilines is 1. The molecule has 100 valence electrons. The molecular weight excluding hydrogens is 286 g/mol. The molecule has 0 atom stereocenters. The molecule has 0 aliphatic rings. The molecule has 0 saturated heterocycles. The Morgan fingerprint density at radius 3 is 2.60 bits per heavy atom. The topological polar surface area (TPSA) is 52.9 Å². The van der Waals surface area contributed by atoms with Crippen molar-refractivity contribution in [1.82, 2.24) is 0 Å². The molecule has 2 rings (SSSR count). The lowest BCUT2D eigenvalue weighted by Crippen LogP contribution is -2.13. The predicted octanol–water partition coefficient (Wildman–Crippen LogP) is 3.74. The number of carbonyl (C=O) groups is 1. The summed E-state index contributed by atoms with van der Waals surface area (Å²) in [5, 5.41) is 11.1. The highest BCUT2D eigenvalue weighted by molar-refractivity contribution is 6.30. The number of carbonyl (C=O) groups excluding carboxylic acids is 1. The first-order chi connectivity index (χ1) is 9.52. The summed E-state index contributed by atoms with van der Waals surface area (Å²) in [6, 6.07) is 9.03. The van der Waals surface area contributed by atoms with Crippen LogP contribution in [0.5, 0.6) is 0 Å². The van der Waals surface area contributed by atoms with Crippen LogP contribution in [0.25, 0.3) is 0 Å². The van der Waals surface area contributed by atoms with Gasteiger partial charge in [-0.2, -0.15) is 5.26 Å². The number of amides is 1. The highest BCUT2D eigenvalue weighted by Gasteiger charge is 2.13. The minimum absolute atomic E-state index is 0.0139. The first-order valence-corrected chi connectivity index (χ1v) is 5.85. The molecule has 20 heavy (non-hydrogen) atoms. The second-order valence-corrected chi connectivity index (χ2v) is 4.26. The summed E-state index contributed by atoms with van der Waals surface area (Å²) in [6.07, 6.45) is 0. The molecule has 0 fully saturated rings. The van der Waals surface area contributed by atoms with Gasteiger partial charge in [-0.1, -0.05) is 17.7 Å². The molecule has 6 heteroatoms. The summed E-state index contributed by atoms with van der Waals surface area (Å²) in [6.45, 7) is 0. The number of rotatable bonds is 2. The highest BCUT2D eigenvalue weighted by atomic mass is 35.5. The number of halogens is 3. The van der Waals surface area contributed by atoms with Crippen LogP contribution in [-0.4, -0.2) is 5.91 Å². The average Bonchev–Trinajstić information content (AvgIpc) is 2.42. The third-order valence-electron chi connectivity index (χ3n) is 2.56. The van der Waals surface area contributed by atoms with E-state index >= 15 is 0 Å². The maximum Gasteiger partial charge on any atom is 0.255 e. The van der Waals surface area contributed by atoms with E-state index in [2.05, 4.69) is 5.32 Å². The molecule has 2 aromatic carbocycles. The van der Waals surface area contributed by atoms with E-state index in [1.165, 1.54) is 24.3 Å². The van der Waals surface area contributed by atoms with Crippen molar-refractivity contribution in [2.45, 2.75) is 0 Å². The third-order valence-corrected chi connectivity index (χ3v) is 2.86. The number of nitrogens with one attached hydrogen (secondary N) is 1. The number of hydrogen-bond acceptors (Lipinski definition) is 2. The lowest BCUT2D eigenvalue weighted by Gasteiger charge is -2.07. The molecule has 0 heterocycles. The summed E-state index contributed by atoms with van der Waals surface area (Å²) >= 11 is 5.51. The zero-order valence-electron chi connectivity index (χ0n) is 9.95. The lowest BCUT2D eigenvalue weighted by molar-refractivity contribution is 0.102. The van der Waals surface area contributed by atoms with Crippen molar-refractivity contribution in [2.24, 2.45) is 0 Å². The van der Waals surface area contributed by atoms with Gasteiger partial charge in [-0.3, -0.25) is 4.79 Å². The third kappa shape index (κ3) is 2.76. The van der Waals surface area contributed by atoms with E-state index in [0.29, 0.717) is 0 Å². The fourth-order valence-corrected chi connectivity index (χ4v) is 1.69. The van der Waals surface area contributed by atoms with Gasteiger partial charge >= 0.3 is 0 Å². The Morgan fingerprint density at radius 1 is 1.20 bits per heavy atom. The number of hydrogen-bond donors (Lipinski definition) is 1. The van der Waals surface area contributed by atoms with E-state index < -0.39 is 17.5 Å². The second-order valence-electron chi connectivity index (χ2n) is 3.86. The monoisotopic (exact) mass is 292 g/mol. The van der Waals surface area contributed by atoms with Crippen LogP contribution in [0.1, 0.15) is 15.9 Å². The van der Waals surface area contributed by atoms with Gasteiger partial charge in [-0.05, 0) is 30.3 Å². The van der Waals surface area contributed by atoms with Crippen LogP contribution in [0.15, 0.2) is 36.4 Å². The van der Waals surface area contributed by atoms with Crippen molar-refractivity contribution in [3.63, 3.8) is 0 Å². The molecule has 0 aromatic heterocycles. The predicted molar refractivity (Wildman–Crippen MR) is 70.5 cm³/mol. The Bertz CT molecular complexity index is 726. The molecule has 1 N–H and O–H groups in total. The molecule has 2 aromatic rings. The van der Waals surface area contributed by atoms with Crippen molar-refractivity contribution in [3.05, 3.63) is 64.2 Å². The minimum Gasteiger partial charge on any atom is -0.321 e. The number of nitrogens with zero attached hydrogens (tertiary/aromatic N) is 1. The van der Waals surface area contributed by atoms with Crippen LogP contribution >= 0.6 is 11.6 Å². The Balaban J connectivity index is 2.31. The standard InChI is InChI=1S/C14H7ClF2N2O/c15-10-5-4-8(6-12(10)17)14(20)19-13-3-1-2-11(16)9(13)7-18/h1-6H,(H,19,20). The first-order valence-electron chi connectivity index (χ1n) is 5.48. The summed E-state index contributed by atoms with van der Waals surface area (Å²) in [7, 11) is 0. The van der Waals surface area contributed by atoms with E-state index in [1.54, 1.807) is 6.07 Å². The van der Waals surface area contributed by atoms with Crippen LogP contribution in [0, 0.1) is 23.0 Å². The fraction of sp³-hybridized carbons (Fsp3) is 0. The van der Waals surface area contributed by atoms with E-state index in [9.17, 15) is 13.6 Å². The van der Waals surface area contributed by atoms with E-state index in [-0.39, 0.29) is 21.8 Å². The van der Waals surface area contributed by atoms with Gasteiger partial charge in [-0.15, -0.1) is 0 Å². The molecule has 0 aliphatic heterocycles. The molecular formula is C14H7ClF2N2O. The first kappa shape index (κ1) is 14.0. The van der Waals surface area contributed by atoms with Crippen molar-refractivity contribution in [3.8, 4) is 6.07 Å². The van der Waals surface area contributed by atoms with Crippen molar-refractivity contribution >= 4 is 23.2 Å². The Morgan fingerprint density at radius 2 is 1.95 bits per heavy atom. The maximum absolute atomic E-state index is 13.4. The van der Waals surface area contributed by atoms with E-state index in [0.717, 1.165) is 12.1 Å². The Labute approximate surface area is 118 Å². The minimum atomic E-state index is -0.743. The largest absolute Gasteiger partial charge is 0.321 e. The number of benzene rings is 2. The van der Waals surface area contributed by atoms with Crippen LogP contribution in [0.3, 0.4) is 0 Å². The summed E-state index contributed by atoms with van der Waals surface area (Å²) in [4.78, 5) is 11.9. The van der Waals surface area contributed by atoms with Gasteiger partial charge in [0.15, 0.2) is 0 Å². The smallest absolute Gasteiger partial charge is 0.255 e. The Kier molecular flexibility index (Phi) is 3.97.